The van der Waals surface area contributed by atoms with Gasteiger partial charge < -0.3 is 53.2 Å². The molecule has 238 valence electrons. The van der Waals surface area contributed by atoms with Gasteiger partial charge in [0.25, 0.3) is 0 Å². The zero-order valence-electron chi connectivity index (χ0n) is 22.4. The number of amides is 4. The van der Waals surface area contributed by atoms with E-state index in [0.29, 0.717) is 11.5 Å². The maximum Gasteiger partial charge on any atom is 0.322 e. The van der Waals surface area contributed by atoms with Crippen molar-refractivity contribution in [1.82, 2.24) is 21.3 Å². The second kappa shape index (κ2) is 21.1. The molecule has 4 amide bonds. The summed E-state index contributed by atoms with van der Waals surface area (Å²) in [5.41, 5.74) is 10.7. The van der Waals surface area contributed by atoms with Crippen LogP contribution in [-0.2, 0) is 38.4 Å². The zero-order chi connectivity index (χ0) is 32.2. The Bertz CT molecular complexity index is 910. The molecule has 0 fully saturated rings. The van der Waals surface area contributed by atoms with Crippen molar-refractivity contribution in [2.45, 2.75) is 49.9 Å². The van der Waals surface area contributed by atoms with Gasteiger partial charge in [-0.3, -0.25) is 38.4 Å². The number of nitrogens with one attached hydrogen (secondary N) is 4. The molecule has 0 saturated heterocycles. The summed E-state index contributed by atoms with van der Waals surface area (Å²) >= 11 is 2.40. The zero-order valence-corrected chi connectivity index (χ0v) is 24.0. The Morgan fingerprint density at radius 3 is 1.21 bits per heavy atom. The van der Waals surface area contributed by atoms with E-state index < -0.39 is 84.8 Å². The molecule has 12 N–H and O–H groups in total. The molecule has 20 heteroatoms. The van der Waals surface area contributed by atoms with E-state index in [9.17, 15) is 38.4 Å². The van der Waals surface area contributed by atoms with E-state index in [1.165, 1.54) is 23.5 Å². The SMILES string of the molecule is NC(CCC(=O)NC(CSCCSCC(NC(=O)CCC(N)C(=O)O)C(=O)NCC(=O)O)C(=O)NCC(=O)O)C(=O)O. The summed E-state index contributed by atoms with van der Waals surface area (Å²) in [6, 6.07) is -4.83. The molecule has 0 radical (unpaired) electrons. The van der Waals surface area contributed by atoms with Crippen molar-refractivity contribution in [2.75, 3.05) is 36.1 Å². The van der Waals surface area contributed by atoms with Crippen LogP contribution in [0.4, 0.5) is 0 Å². The largest absolute Gasteiger partial charge is 0.480 e. The minimum atomic E-state index is -1.30. The van der Waals surface area contributed by atoms with Crippen LogP contribution < -0.4 is 32.7 Å². The van der Waals surface area contributed by atoms with Crippen LogP contribution >= 0.6 is 23.5 Å². The summed E-state index contributed by atoms with van der Waals surface area (Å²) in [5.74, 6) is -7.27. The minimum absolute atomic E-state index is 0.0197. The second-order valence-electron chi connectivity index (χ2n) is 8.58. The minimum Gasteiger partial charge on any atom is -0.480 e. The molecule has 0 heterocycles. The standard InChI is InChI=1S/C22H36N6O12S2/c23-11(21(37)38)1-3-15(29)27-13(19(35)25-7-17(31)32)9-41-5-6-42-10-14(20(36)26-8-18(33)34)28-16(30)4-2-12(24)22(39)40/h11-14H,1-10,23-24H2,(H,25,35)(H,26,36)(H,27,29)(H,28,30)(H,31,32)(H,33,34)(H,37,38)(H,39,40). The molecule has 0 rings (SSSR count). The van der Waals surface area contributed by atoms with Crippen LogP contribution in [0.3, 0.4) is 0 Å². The van der Waals surface area contributed by atoms with Crippen LogP contribution in [0.25, 0.3) is 0 Å². The fourth-order valence-electron chi connectivity index (χ4n) is 2.81. The Balaban J connectivity index is 4.93. The molecule has 0 aliphatic carbocycles. The van der Waals surface area contributed by atoms with Gasteiger partial charge in [-0.05, 0) is 12.8 Å². The highest BCUT2D eigenvalue weighted by Crippen LogP contribution is 2.11. The number of aliphatic carboxylic acids is 4. The Kier molecular flexibility index (Phi) is 19.3. The summed E-state index contributed by atoms with van der Waals surface area (Å²) in [4.78, 5) is 92.3. The van der Waals surface area contributed by atoms with Gasteiger partial charge in [-0.25, -0.2) is 0 Å². The normalized spacial score (nSPS) is 13.5. The first kappa shape index (κ1) is 38.4. The molecule has 0 aromatic carbocycles. The van der Waals surface area contributed by atoms with Crippen LogP contribution in [0.15, 0.2) is 0 Å². The van der Waals surface area contributed by atoms with Gasteiger partial charge in [-0.2, -0.15) is 23.5 Å². The lowest BCUT2D eigenvalue weighted by Gasteiger charge is -2.19. The summed E-state index contributed by atoms with van der Waals surface area (Å²) in [5, 5.41) is 44.3. The van der Waals surface area contributed by atoms with E-state index in [-0.39, 0.29) is 37.2 Å². The number of carboxylic acids is 4. The van der Waals surface area contributed by atoms with E-state index >= 15 is 0 Å². The Morgan fingerprint density at radius 1 is 0.595 bits per heavy atom. The van der Waals surface area contributed by atoms with Gasteiger partial charge in [0, 0.05) is 35.9 Å². The van der Waals surface area contributed by atoms with Crippen LogP contribution in [0.2, 0.25) is 0 Å². The van der Waals surface area contributed by atoms with E-state index in [1.54, 1.807) is 0 Å². The summed E-state index contributed by atoms with van der Waals surface area (Å²) < 4.78 is 0. The lowest BCUT2D eigenvalue weighted by Crippen LogP contribution is -2.49. The van der Waals surface area contributed by atoms with E-state index in [4.69, 9.17) is 31.9 Å². The first-order chi connectivity index (χ1) is 19.6. The van der Waals surface area contributed by atoms with Crippen LogP contribution in [0.1, 0.15) is 25.7 Å². The molecule has 0 aromatic rings. The molecular weight excluding hydrogens is 604 g/mol. The maximum absolute atomic E-state index is 12.4. The topological polar surface area (TPSA) is 318 Å². The van der Waals surface area contributed by atoms with E-state index in [1.807, 2.05) is 0 Å². The number of hydrogen-bond acceptors (Lipinski definition) is 12. The van der Waals surface area contributed by atoms with Crippen LogP contribution in [0.5, 0.6) is 0 Å². The van der Waals surface area contributed by atoms with Crippen molar-refractivity contribution in [3.05, 3.63) is 0 Å². The molecule has 42 heavy (non-hydrogen) atoms. The molecule has 0 aromatic heterocycles. The number of carbonyl (C=O) groups is 8. The molecule has 18 nitrogen and oxygen atoms in total. The molecule has 4 atom stereocenters. The lowest BCUT2D eigenvalue weighted by molar-refractivity contribution is -0.140. The van der Waals surface area contributed by atoms with Gasteiger partial charge in [-0.15, -0.1) is 0 Å². The highest BCUT2D eigenvalue weighted by molar-refractivity contribution is 8.03. The van der Waals surface area contributed by atoms with Gasteiger partial charge >= 0.3 is 23.9 Å². The first-order valence-corrected chi connectivity index (χ1v) is 14.6. The van der Waals surface area contributed by atoms with Crippen LogP contribution in [-0.4, -0.2) is 128 Å². The van der Waals surface area contributed by atoms with E-state index in [0.717, 1.165) is 0 Å². The number of nitrogens with two attached hydrogens (primary N) is 2. The predicted octanol–water partition coefficient (Wildman–Crippen LogP) is -3.79. The molecule has 0 aliphatic rings. The first-order valence-electron chi connectivity index (χ1n) is 12.3. The number of hydrogen-bond donors (Lipinski definition) is 10. The van der Waals surface area contributed by atoms with Gasteiger partial charge in [0.1, 0.15) is 37.3 Å². The smallest absolute Gasteiger partial charge is 0.322 e. The van der Waals surface area contributed by atoms with E-state index in [2.05, 4.69) is 21.3 Å². The average Bonchev–Trinajstić information content (AvgIpc) is 2.91. The Labute approximate surface area is 248 Å². The highest BCUT2D eigenvalue weighted by Gasteiger charge is 2.24. The third-order valence-electron chi connectivity index (χ3n) is 5.07. The van der Waals surface area contributed by atoms with Gasteiger partial charge in [-0.1, -0.05) is 0 Å². The molecule has 0 aliphatic heterocycles. The van der Waals surface area contributed by atoms with Crippen LogP contribution in [0, 0.1) is 0 Å². The molecule has 4 unspecified atom stereocenters. The van der Waals surface area contributed by atoms with Crippen molar-refractivity contribution in [2.24, 2.45) is 11.5 Å². The monoisotopic (exact) mass is 640 g/mol. The fraction of sp³-hybridized carbons (Fsp3) is 0.636. The summed E-state index contributed by atoms with van der Waals surface area (Å²) in [6.45, 7) is -1.37. The van der Waals surface area contributed by atoms with Gasteiger partial charge in [0.2, 0.25) is 23.6 Å². The van der Waals surface area contributed by atoms with Crippen molar-refractivity contribution < 1.29 is 58.8 Å². The fourth-order valence-corrected chi connectivity index (χ4v) is 5.03. The van der Waals surface area contributed by atoms with Crippen molar-refractivity contribution in [3.63, 3.8) is 0 Å². The third-order valence-corrected chi connectivity index (χ3v) is 7.45. The quantitative estimate of drug-likeness (QED) is 0.0479. The predicted molar refractivity (Wildman–Crippen MR) is 149 cm³/mol. The number of rotatable bonds is 23. The summed E-state index contributed by atoms with van der Waals surface area (Å²) in [7, 11) is 0. The molecule has 0 spiro atoms. The van der Waals surface area contributed by atoms with Crippen molar-refractivity contribution in [3.8, 4) is 0 Å². The number of carbonyl (C=O) groups excluding carboxylic acids is 4. The average molecular weight is 641 g/mol. The summed E-state index contributed by atoms with van der Waals surface area (Å²) in [6.07, 6.45) is -0.928. The van der Waals surface area contributed by atoms with Crippen molar-refractivity contribution >= 4 is 71.0 Å². The Hall–Kier alpha value is -3.62. The van der Waals surface area contributed by atoms with Crippen molar-refractivity contribution in [1.29, 1.82) is 0 Å². The second-order valence-corrected chi connectivity index (χ2v) is 10.9. The molecule has 0 bridgehead atoms. The number of carboxylic acid groups (broad SMARTS) is 4. The molecule has 0 saturated carbocycles. The highest BCUT2D eigenvalue weighted by atomic mass is 32.2. The third kappa shape index (κ3) is 18.7. The maximum atomic E-state index is 12.4. The molecular formula is C22H36N6O12S2. The lowest BCUT2D eigenvalue weighted by atomic mass is 10.1. The Morgan fingerprint density at radius 2 is 0.929 bits per heavy atom. The number of thioether (sulfide) groups is 2. The van der Waals surface area contributed by atoms with Gasteiger partial charge in [0.15, 0.2) is 0 Å². The van der Waals surface area contributed by atoms with Gasteiger partial charge in [0.05, 0.1) is 0 Å².